The summed E-state index contributed by atoms with van der Waals surface area (Å²) in [5.74, 6) is 1.03. The molecule has 0 radical (unpaired) electrons. The first-order valence-electron chi connectivity index (χ1n) is 10.5. The van der Waals surface area contributed by atoms with Crippen LogP contribution >= 0.6 is 0 Å². The Morgan fingerprint density at radius 2 is 1.70 bits per heavy atom. The van der Waals surface area contributed by atoms with Crippen LogP contribution in [0, 0.1) is 0 Å². The molecule has 30 heavy (non-hydrogen) atoms. The summed E-state index contributed by atoms with van der Waals surface area (Å²) in [6.45, 7) is 14.2. The van der Waals surface area contributed by atoms with Crippen molar-refractivity contribution < 1.29 is 18.6 Å². The summed E-state index contributed by atoms with van der Waals surface area (Å²) in [5.41, 5.74) is 2.39. The largest absolute Gasteiger partial charge is 0.490 e. The molecule has 0 fully saturated rings. The third-order valence-electron chi connectivity index (χ3n) is 4.28. The highest BCUT2D eigenvalue weighted by Crippen LogP contribution is 2.39. The Bertz CT molecular complexity index is 959. The van der Waals surface area contributed by atoms with Crippen LogP contribution < -0.4 is 19.8 Å². The van der Waals surface area contributed by atoms with Crippen molar-refractivity contribution in [3.63, 3.8) is 0 Å². The van der Waals surface area contributed by atoms with Gasteiger partial charge in [-0.1, -0.05) is 23.3 Å². The number of allylic oxidation sites excluding steroid dienone is 3. The summed E-state index contributed by atoms with van der Waals surface area (Å²) in [6, 6.07) is 5.37. The Morgan fingerprint density at radius 1 is 1.00 bits per heavy atom. The van der Waals surface area contributed by atoms with Crippen molar-refractivity contribution in [2.24, 2.45) is 0 Å². The molecule has 2 rings (SSSR count). The van der Waals surface area contributed by atoms with Gasteiger partial charge in [-0.25, -0.2) is 4.79 Å². The number of rotatable bonds is 10. The topological polar surface area (TPSA) is 57.9 Å². The van der Waals surface area contributed by atoms with Gasteiger partial charge in [0.2, 0.25) is 5.75 Å². The summed E-state index contributed by atoms with van der Waals surface area (Å²) in [4.78, 5) is 12.6. The number of fused-ring (bicyclic) bond motifs is 1. The highest BCUT2D eigenvalue weighted by molar-refractivity contribution is 5.91. The van der Waals surface area contributed by atoms with Gasteiger partial charge in [0.25, 0.3) is 0 Å². The average Bonchev–Trinajstić information content (AvgIpc) is 2.63. The molecule has 1 aromatic carbocycles. The summed E-state index contributed by atoms with van der Waals surface area (Å²) >= 11 is 0. The minimum atomic E-state index is -0.558. The molecule has 0 aliphatic heterocycles. The lowest BCUT2D eigenvalue weighted by atomic mass is 10.1. The smallest absolute Gasteiger partial charge is 0.383 e. The van der Waals surface area contributed by atoms with Gasteiger partial charge >= 0.3 is 5.63 Å². The van der Waals surface area contributed by atoms with Gasteiger partial charge in [-0.3, -0.25) is 0 Å². The first-order valence-corrected chi connectivity index (χ1v) is 10.5. The zero-order chi connectivity index (χ0) is 22.3. The van der Waals surface area contributed by atoms with E-state index in [0.29, 0.717) is 29.1 Å². The van der Waals surface area contributed by atoms with Gasteiger partial charge < -0.3 is 18.6 Å². The van der Waals surface area contributed by atoms with Crippen molar-refractivity contribution in [1.82, 2.24) is 0 Å². The molecule has 0 atom stereocenters. The lowest BCUT2D eigenvalue weighted by Gasteiger charge is -2.18. The highest BCUT2D eigenvalue weighted by atomic mass is 16.5. The van der Waals surface area contributed by atoms with E-state index in [2.05, 4.69) is 26.8 Å². The molecule has 0 bridgehead atoms. The van der Waals surface area contributed by atoms with E-state index in [0.717, 1.165) is 12.8 Å². The minimum Gasteiger partial charge on any atom is -0.490 e. The molecule has 0 unspecified atom stereocenters. The van der Waals surface area contributed by atoms with Crippen LogP contribution in [0.5, 0.6) is 17.2 Å². The molecule has 0 saturated carbocycles. The Labute approximate surface area is 179 Å². The second-order valence-corrected chi connectivity index (χ2v) is 8.19. The molecule has 0 amide bonds. The number of ether oxygens (including phenoxy) is 3. The van der Waals surface area contributed by atoms with Gasteiger partial charge in [0.15, 0.2) is 5.75 Å². The van der Waals surface area contributed by atoms with E-state index in [1.807, 2.05) is 39.8 Å². The summed E-state index contributed by atoms with van der Waals surface area (Å²) in [5, 5.41) is 0.608. The van der Waals surface area contributed by atoms with Gasteiger partial charge in [-0.15, -0.1) is 0 Å². The van der Waals surface area contributed by atoms with Crippen molar-refractivity contribution in [3.8, 4) is 17.2 Å². The molecule has 5 nitrogen and oxygen atoms in total. The van der Waals surface area contributed by atoms with Crippen LogP contribution in [-0.4, -0.2) is 18.8 Å². The van der Waals surface area contributed by atoms with Crippen molar-refractivity contribution in [3.05, 3.63) is 51.9 Å². The molecule has 0 saturated heterocycles. The fraction of sp³-hybridized carbons (Fsp3) is 0.480. The predicted molar refractivity (Wildman–Crippen MR) is 122 cm³/mol. The second-order valence-electron chi connectivity index (χ2n) is 8.19. The second kappa shape index (κ2) is 10.9. The molecule has 1 heterocycles. The normalized spacial score (nSPS) is 11.8. The molecule has 0 aliphatic rings. The number of hydrogen-bond donors (Lipinski definition) is 0. The van der Waals surface area contributed by atoms with Crippen LogP contribution in [0.25, 0.3) is 11.0 Å². The quantitative estimate of drug-likeness (QED) is 0.331. The Hall–Kier alpha value is -2.69. The molecule has 164 valence electrons. The molecule has 5 heteroatoms. The number of hydrogen-bond acceptors (Lipinski definition) is 5. The van der Waals surface area contributed by atoms with E-state index in [1.165, 1.54) is 11.1 Å². The summed E-state index contributed by atoms with van der Waals surface area (Å²) in [6.07, 6.45) is 5.97. The molecule has 0 spiro atoms. The minimum absolute atomic E-state index is 0.0398. The molecule has 0 N–H and O–H groups in total. The lowest BCUT2D eigenvalue weighted by molar-refractivity contribution is 0.214. The predicted octanol–water partition coefficient (Wildman–Crippen LogP) is 6.44. The maximum absolute atomic E-state index is 12.6. The molecule has 0 aliphatic carbocycles. The summed E-state index contributed by atoms with van der Waals surface area (Å²) in [7, 11) is 0. The first-order chi connectivity index (χ1) is 14.2. The fourth-order valence-electron chi connectivity index (χ4n) is 2.96. The van der Waals surface area contributed by atoms with Crippen LogP contribution in [0.2, 0.25) is 0 Å². The number of benzene rings is 1. The molecule has 2 aromatic rings. The van der Waals surface area contributed by atoms with Gasteiger partial charge in [-0.2, -0.15) is 0 Å². The van der Waals surface area contributed by atoms with Gasteiger partial charge in [-0.05, 0) is 79.5 Å². The summed E-state index contributed by atoms with van der Waals surface area (Å²) < 4.78 is 23.3. The Balaban J connectivity index is 2.43. The van der Waals surface area contributed by atoms with Crippen molar-refractivity contribution in [2.45, 2.75) is 73.5 Å². The maximum atomic E-state index is 12.6. The van der Waals surface area contributed by atoms with E-state index < -0.39 is 5.63 Å². The third-order valence-corrected chi connectivity index (χ3v) is 4.28. The van der Waals surface area contributed by atoms with Crippen LogP contribution in [0.1, 0.15) is 61.3 Å². The van der Waals surface area contributed by atoms with Gasteiger partial charge in [0, 0.05) is 0 Å². The van der Waals surface area contributed by atoms with Crippen molar-refractivity contribution >= 4 is 11.0 Å². The van der Waals surface area contributed by atoms with Gasteiger partial charge in [0.05, 0.1) is 12.2 Å². The van der Waals surface area contributed by atoms with E-state index >= 15 is 0 Å². The van der Waals surface area contributed by atoms with E-state index in [1.54, 1.807) is 12.1 Å². The molecule has 1 aromatic heterocycles. The SMILES string of the molecule is CC(C)=CCC/C(C)=C/COc1c(OC(C)C)c(=O)oc2cccc(OC(C)C)c12. The monoisotopic (exact) mass is 414 g/mol. The van der Waals surface area contributed by atoms with Crippen molar-refractivity contribution in [1.29, 1.82) is 0 Å². The lowest BCUT2D eigenvalue weighted by Crippen LogP contribution is -2.16. The zero-order valence-electron chi connectivity index (χ0n) is 19.2. The zero-order valence-corrected chi connectivity index (χ0v) is 19.2. The van der Waals surface area contributed by atoms with Gasteiger partial charge in [0.1, 0.15) is 23.3 Å². The third kappa shape index (κ3) is 6.68. The highest BCUT2D eigenvalue weighted by Gasteiger charge is 2.22. The van der Waals surface area contributed by atoms with E-state index in [-0.39, 0.29) is 18.0 Å². The molecular formula is C25H34O5. The van der Waals surface area contributed by atoms with Crippen LogP contribution in [0.4, 0.5) is 0 Å². The maximum Gasteiger partial charge on any atom is 0.383 e. The Morgan fingerprint density at radius 3 is 2.33 bits per heavy atom. The fourth-order valence-corrected chi connectivity index (χ4v) is 2.96. The Kier molecular flexibility index (Phi) is 8.58. The van der Waals surface area contributed by atoms with Crippen LogP contribution in [0.15, 0.2) is 50.7 Å². The standard InChI is InChI=1S/C25H34O5/c1-16(2)10-8-11-19(7)14-15-27-23-22-20(28-17(3)4)12-9-13-21(22)30-25(26)24(23)29-18(5)6/h9-10,12-14,17-18H,8,11,15H2,1-7H3/b19-14+. The van der Waals surface area contributed by atoms with Crippen LogP contribution in [-0.2, 0) is 0 Å². The van der Waals surface area contributed by atoms with E-state index in [9.17, 15) is 4.79 Å². The van der Waals surface area contributed by atoms with Crippen molar-refractivity contribution in [2.75, 3.05) is 6.61 Å². The van der Waals surface area contributed by atoms with E-state index in [4.69, 9.17) is 18.6 Å². The molecular weight excluding hydrogens is 380 g/mol. The van der Waals surface area contributed by atoms with Crippen LogP contribution in [0.3, 0.4) is 0 Å². The average molecular weight is 415 g/mol. The first kappa shape index (κ1) is 23.6.